The lowest BCUT2D eigenvalue weighted by molar-refractivity contribution is 0.0977. The number of pyridine rings is 1. The molecule has 1 fully saturated rings. The van der Waals surface area contributed by atoms with Crippen LogP contribution in [0.5, 0.6) is 11.5 Å². The lowest BCUT2D eigenvalue weighted by Crippen LogP contribution is -2.30. The molecule has 1 N–H and O–H groups in total. The van der Waals surface area contributed by atoms with Gasteiger partial charge in [0.05, 0.1) is 23.0 Å². The summed E-state index contributed by atoms with van der Waals surface area (Å²) in [7, 11) is -3.92. The number of benzene rings is 1. The van der Waals surface area contributed by atoms with Crippen LogP contribution >= 0.6 is 11.6 Å². The van der Waals surface area contributed by atoms with E-state index in [1.807, 2.05) is 4.90 Å². The van der Waals surface area contributed by atoms with E-state index in [0.29, 0.717) is 23.0 Å². The molecule has 0 unspecified atom stereocenters. The van der Waals surface area contributed by atoms with E-state index in [1.54, 1.807) is 4.72 Å². The van der Waals surface area contributed by atoms with E-state index in [1.165, 1.54) is 12.3 Å². The normalized spacial score (nSPS) is 14.2. The predicted octanol–water partition coefficient (Wildman–Crippen LogP) is 3.10. The Labute approximate surface area is 165 Å². The molecular weight excluding hydrogens is 416 g/mol. The maximum Gasteiger partial charge on any atom is 0.267 e. The van der Waals surface area contributed by atoms with Crippen LogP contribution in [-0.2, 0) is 10.0 Å². The van der Waals surface area contributed by atoms with Gasteiger partial charge in [-0.1, -0.05) is 11.6 Å². The van der Waals surface area contributed by atoms with E-state index >= 15 is 0 Å². The number of hydrogen-bond donors (Lipinski definition) is 1. The van der Waals surface area contributed by atoms with Crippen LogP contribution in [0.4, 0.5) is 14.6 Å². The fraction of sp³-hybridized carbons (Fsp3) is 0.294. The molecule has 150 valence electrons. The number of aromatic nitrogens is 1. The van der Waals surface area contributed by atoms with Gasteiger partial charge in [-0.2, -0.15) is 0 Å². The van der Waals surface area contributed by atoms with E-state index in [9.17, 15) is 22.0 Å². The van der Waals surface area contributed by atoms with Gasteiger partial charge in [0.2, 0.25) is 10.0 Å². The fourth-order valence-corrected chi connectivity index (χ4v) is 3.48. The second kappa shape index (κ2) is 7.88. The third-order valence-corrected chi connectivity index (χ3v) is 4.81. The van der Waals surface area contributed by atoms with Gasteiger partial charge in [-0.05, 0) is 18.9 Å². The first-order chi connectivity index (χ1) is 13.1. The molecule has 1 saturated heterocycles. The molecule has 2 heterocycles. The molecule has 28 heavy (non-hydrogen) atoms. The van der Waals surface area contributed by atoms with Crippen molar-refractivity contribution in [2.75, 3.05) is 24.2 Å². The van der Waals surface area contributed by atoms with Crippen molar-refractivity contribution >= 4 is 33.3 Å². The minimum absolute atomic E-state index is 0.0829. The van der Waals surface area contributed by atoms with Gasteiger partial charge in [-0.15, -0.1) is 0 Å². The highest BCUT2D eigenvalue weighted by Crippen LogP contribution is 2.32. The summed E-state index contributed by atoms with van der Waals surface area (Å²) in [5.74, 6) is -3.32. The molecule has 2 aromatic rings. The average molecular weight is 432 g/mol. The first kappa shape index (κ1) is 20.3. The molecule has 0 saturated carbocycles. The monoisotopic (exact) mass is 431 g/mol. The van der Waals surface area contributed by atoms with Crippen LogP contribution in [0.3, 0.4) is 0 Å². The van der Waals surface area contributed by atoms with Crippen molar-refractivity contribution in [2.24, 2.45) is 0 Å². The molecule has 7 nitrogen and oxygen atoms in total. The van der Waals surface area contributed by atoms with E-state index in [2.05, 4.69) is 4.98 Å². The van der Waals surface area contributed by atoms with Gasteiger partial charge >= 0.3 is 0 Å². The molecule has 3 rings (SSSR count). The summed E-state index contributed by atoms with van der Waals surface area (Å²) in [5, 5.41) is 0.310. The molecule has 1 aromatic heterocycles. The zero-order chi connectivity index (χ0) is 20.5. The Morgan fingerprint density at radius 3 is 2.50 bits per heavy atom. The number of rotatable bonds is 5. The SMILES string of the molecule is CS(=O)(=O)NC(=O)c1cc(F)c(Oc2cnc(N3CCCC3)c(Cl)c2)cc1F. The summed E-state index contributed by atoms with van der Waals surface area (Å²) in [4.78, 5) is 18.0. The number of sulfonamides is 1. The Balaban J connectivity index is 1.82. The second-order valence-electron chi connectivity index (χ2n) is 6.24. The minimum atomic E-state index is -3.92. The number of anilines is 1. The number of ether oxygens (including phenoxy) is 1. The lowest BCUT2D eigenvalue weighted by Gasteiger charge is -2.18. The number of nitrogens with one attached hydrogen (secondary N) is 1. The molecule has 0 spiro atoms. The van der Waals surface area contributed by atoms with Crippen molar-refractivity contribution in [3.8, 4) is 11.5 Å². The number of amides is 1. The topological polar surface area (TPSA) is 88.6 Å². The molecule has 1 aliphatic rings. The summed E-state index contributed by atoms with van der Waals surface area (Å²) >= 11 is 6.21. The molecule has 1 aliphatic heterocycles. The Morgan fingerprint density at radius 1 is 1.21 bits per heavy atom. The van der Waals surface area contributed by atoms with E-state index in [0.717, 1.165) is 32.2 Å². The summed E-state index contributed by atoms with van der Waals surface area (Å²) < 4.78 is 57.4. The summed E-state index contributed by atoms with van der Waals surface area (Å²) in [6.07, 6.45) is 4.14. The molecule has 0 atom stereocenters. The van der Waals surface area contributed by atoms with Gasteiger partial charge in [0.1, 0.15) is 17.4 Å². The maximum atomic E-state index is 14.3. The summed E-state index contributed by atoms with van der Waals surface area (Å²) in [6, 6.07) is 2.64. The van der Waals surface area contributed by atoms with E-state index in [4.69, 9.17) is 16.3 Å². The zero-order valence-electron chi connectivity index (χ0n) is 14.7. The Morgan fingerprint density at radius 2 is 1.89 bits per heavy atom. The minimum Gasteiger partial charge on any atom is -0.452 e. The van der Waals surface area contributed by atoms with Gasteiger partial charge in [0, 0.05) is 25.2 Å². The predicted molar refractivity (Wildman–Crippen MR) is 99.4 cm³/mol. The molecule has 1 amide bonds. The highest BCUT2D eigenvalue weighted by Gasteiger charge is 2.21. The quantitative estimate of drug-likeness (QED) is 0.782. The smallest absolute Gasteiger partial charge is 0.267 e. The van der Waals surface area contributed by atoms with Gasteiger partial charge in [-0.25, -0.2) is 26.9 Å². The number of nitrogens with zero attached hydrogens (tertiary/aromatic N) is 2. The number of carbonyl (C=O) groups excluding carboxylic acids is 1. The highest BCUT2D eigenvalue weighted by molar-refractivity contribution is 7.89. The third kappa shape index (κ3) is 4.68. The van der Waals surface area contributed by atoms with E-state index < -0.39 is 38.9 Å². The summed E-state index contributed by atoms with van der Waals surface area (Å²) in [6.45, 7) is 1.67. The Hall–Kier alpha value is -2.46. The number of carbonyl (C=O) groups is 1. The molecule has 11 heteroatoms. The fourth-order valence-electron chi connectivity index (χ4n) is 2.76. The van der Waals surface area contributed by atoms with Crippen LogP contribution < -0.4 is 14.4 Å². The zero-order valence-corrected chi connectivity index (χ0v) is 16.3. The van der Waals surface area contributed by atoms with Gasteiger partial charge in [0.15, 0.2) is 11.6 Å². The Bertz CT molecular complexity index is 1030. The first-order valence-electron chi connectivity index (χ1n) is 8.23. The summed E-state index contributed by atoms with van der Waals surface area (Å²) in [5.41, 5.74) is -0.768. The van der Waals surface area contributed by atoms with Gasteiger partial charge < -0.3 is 9.64 Å². The van der Waals surface area contributed by atoms with Crippen molar-refractivity contribution in [1.82, 2.24) is 9.71 Å². The molecule has 0 aliphatic carbocycles. The molecule has 1 aromatic carbocycles. The van der Waals surface area contributed by atoms with Crippen molar-refractivity contribution in [3.05, 3.63) is 46.6 Å². The van der Waals surface area contributed by atoms with Gasteiger partial charge in [-0.3, -0.25) is 4.79 Å². The van der Waals surface area contributed by atoms with Crippen molar-refractivity contribution < 1.29 is 26.7 Å². The van der Waals surface area contributed by atoms with Crippen LogP contribution in [-0.4, -0.2) is 38.7 Å². The van der Waals surface area contributed by atoms with Crippen molar-refractivity contribution in [2.45, 2.75) is 12.8 Å². The largest absolute Gasteiger partial charge is 0.452 e. The maximum absolute atomic E-state index is 14.3. The number of hydrogen-bond acceptors (Lipinski definition) is 6. The number of halogens is 3. The van der Waals surface area contributed by atoms with Crippen molar-refractivity contribution in [1.29, 1.82) is 0 Å². The second-order valence-corrected chi connectivity index (χ2v) is 8.39. The molecule has 0 bridgehead atoms. The third-order valence-electron chi connectivity index (χ3n) is 3.97. The standard InChI is InChI=1S/C17H16ClF2N3O4S/c1-28(25,26)22-17(24)11-7-14(20)15(8-13(11)19)27-10-6-12(18)16(21-9-10)23-4-2-3-5-23/h6-9H,2-5H2,1H3,(H,22,24). The molecule has 0 radical (unpaired) electrons. The lowest BCUT2D eigenvalue weighted by atomic mass is 10.2. The van der Waals surface area contributed by atoms with Crippen LogP contribution in [0.1, 0.15) is 23.2 Å². The van der Waals surface area contributed by atoms with E-state index in [-0.39, 0.29) is 5.75 Å². The molecular formula is C17H16ClF2N3O4S. The van der Waals surface area contributed by atoms with Gasteiger partial charge in [0.25, 0.3) is 5.91 Å². The van der Waals surface area contributed by atoms with Crippen LogP contribution in [0.2, 0.25) is 5.02 Å². The first-order valence-corrected chi connectivity index (χ1v) is 10.5. The van der Waals surface area contributed by atoms with Crippen LogP contribution in [0, 0.1) is 11.6 Å². The van der Waals surface area contributed by atoms with Crippen LogP contribution in [0.15, 0.2) is 24.4 Å². The average Bonchev–Trinajstić information content (AvgIpc) is 3.10. The van der Waals surface area contributed by atoms with Crippen LogP contribution in [0.25, 0.3) is 0 Å². The highest BCUT2D eigenvalue weighted by atomic mass is 35.5. The Kier molecular flexibility index (Phi) is 5.71. The van der Waals surface area contributed by atoms with Crippen molar-refractivity contribution in [3.63, 3.8) is 0 Å².